The molecule has 2 aromatic heterocycles. The quantitative estimate of drug-likeness (QED) is 0.719. The van der Waals surface area contributed by atoms with Gasteiger partial charge in [0.15, 0.2) is 10.9 Å². The predicted octanol–water partition coefficient (Wildman–Crippen LogP) is 0.220. The molecule has 2 aliphatic heterocycles. The van der Waals surface area contributed by atoms with Crippen LogP contribution in [0.15, 0.2) is 5.76 Å². The van der Waals surface area contributed by atoms with Crippen molar-refractivity contribution in [1.82, 2.24) is 9.97 Å². The second-order valence-electron chi connectivity index (χ2n) is 8.27. The fourth-order valence-electron chi connectivity index (χ4n) is 4.46. The number of aromatic nitrogens is 2. The summed E-state index contributed by atoms with van der Waals surface area (Å²) < 4.78 is 1.75. The third kappa shape index (κ3) is 3.31. The Hall–Kier alpha value is -2.03. The van der Waals surface area contributed by atoms with Gasteiger partial charge in [-0.1, -0.05) is 17.1 Å². The summed E-state index contributed by atoms with van der Waals surface area (Å²) in [4.78, 5) is 25.5. The molecule has 0 amide bonds. The monoisotopic (exact) mass is 442 g/mol. The molecular formula is C22H26N4O2S2. The van der Waals surface area contributed by atoms with Crippen LogP contribution in [0.1, 0.15) is 48.4 Å². The number of nitrogens with zero attached hydrogens (tertiary/aromatic N) is 3. The molecular weight excluding hydrogens is 416 g/mol. The van der Waals surface area contributed by atoms with Crippen LogP contribution in [0.5, 0.6) is 0 Å². The van der Waals surface area contributed by atoms with Gasteiger partial charge < -0.3 is 15.3 Å². The van der Waals surface area contributed by atoms with Gasteiger partial charge in [0, 0.05) is 37.1 Å². The Morgan fingerprint density at radius 3 is 2.40 bits per heavy atom. The van der Waals surface area contributed by atoms with Gasteiger partial charge in [-0.2, -0.15) is 0 Å². The van der Waals surface area contributed by atoms with Crippen molar-refractivity contribution in [2.45, 2.75) is 46.0 Å². The van der Waals surface area contributed by atoms with Crippen molar-refractivity contribution in [2.75, 3.05) is 31.1 Å². The smallest absolute Gasteiger partial charge is 0.194 e. The molecule has 2 saturated heterocycles. The number of thiazole rings is 2. The Morgan fingerprint density at radius 1 is 0.967 bits per heavy atom. The fourth-order valence-corrected chi connectivity index (χ4v) is 6.82. The summed E-state index contributed by atoms with van der Waals surface area (Å²) in [6.45, 7) is 7.97. The number of aryl methyl sites for hydroxylation is 2. The average molecular weight is 443 g/mol. The summed E-state index contributed by atoms with van der Waals surface area (Å²) in [5.74, 6) is -0.283. The number of carbonyl (C=O) groups is 1. The van der Waals surface area contributed by atoms with Crippen LogP contribution in [-0.4, -0.2) is 41.9 Å². The SMILES string of the molecule is Cc1nc(N2CCCCC2)sc1C1=C([O-])/C(=c2/sc(=C3CC[NH2+]CC3)nc2C)C1=O. The van der Waals surface area contributed by atoms with Crippen molar-refractivity contribution >= 4 is 50.3 Å². The summed E-state index contributed by atoms with van der Waals surface area (Å²) in [5.41, 5.74) is 3.57. The summed E-state index contributed by atoms with van der Waals surface area (Å²) >= 11 is 3.00. The summed E-state index contributed by atoms with van der Waals surface area (Å²) in [6, 6.07) is 0. The van der Waals surface area contributed by atoms with E-state index in [9.17, 15) is 9.90 Å². The minimum Gasteiger partial charge on any atom is -0.871 e. The van der Waals surface area contributed by atoms with E-state index in [2.05, 4.69) is 15.2 Å². The van der Waals surface area contributed by atoms with E-state index in [1.807, 2.05) is 13.8 Å². The first-order valence-corrected chi connectivity index (χ1v) is 12.4. The Morgan fingerprint density at radius 2 is 1.70 bits per heavy atom. The molecule has 1 aliphatic carbocycles. The van der Waals surface area contributed by atoms with Crippen LogP contribution in [-0.2, 0) is 4.79 Å². The molecule has 3 aliphatic rings. The second-order valence-corrected chi connectivity index (χ2v) is 10.2. The van der Waals surface area contributed by atoms with Gasteiger partial charge in [0.25, 0.3) is 0 Å². The number of nitrogens with two attached hydrogens (primary N) is 1. The highest BCUT2D eigenvalue weighted by atomic mass is 32.1. The van der Waals surface area contributed by atoms with Gasteiger partial charge in [-0.05, 0) is 38.7 Å². The van der Waals surface area contributed by atoms with Gasteiger partial charge in [0.05, 0.1) is 33.9 Å². The van der Waals surface area contributed by atoms with Crippen molar-refractivity contribution < 1.29 is 15.2 Å². The maximum absolute atomic E-state index is 13.1. The molecule has 4 heterocycles. The molecule has 0 saturated carbocycles. The fraction of sp³-hybridized carbons (Fsp3) is 0.500. The lowest BCUT2D eigenvalue weighted by Gasteiger charge is -2.29. The molecule has 158 valence electrons. The topological polar surface area (TPSA) is 85.8 Å². The van der Waals surface area contributed by atoms with Gasteiger partial charge in [-0.15, -0.1) is 11.3 Å². The molecule has 5 rings (SSSR count). The van der Waals surface area contributed by atoms with Crippen molar-refractivity contribution in [3.8, 4) is 0 Å². The molecule has 0 unspecified atom stereocenters. The van der Waals surface area contributed by atoms with E-state index in [0.29, 0.717) is 11.1 Å². The number of anilines is 1. The van der Waals surface area contributed by atoms with E-state index in [4.69, 9.17) is 4.98 Å². The zero-order valence-corrected chi connectivity index (χ0v) is 19.0. The third-order valence-electron chi connectivity index (χ3n) is 6.17. The zero-order chi connectivity index (χ0) is 20.8. The third-order valence-corrected chi connectivity index (χ3v) is 8.69. The van der Waals surface area contributed by atoms with Crippen LogP contribution in [0.3, 0.4) is 0 Å². The van der Waals surface area contributed by atoms with Crippen LogP contribution in [0.2, 0.25) is 0 Å². The molecule has 0 spiro atoms. The van der Waals surface area contributed by atoms with Gasteiger partial charge in [0.1, 0.15) is 4.66 Å². The Bertz CT molecular complexity index is 1160. The summed E-state index contributed by atoms with van der Waals surface area (Å²) in [6.07, 6.45) is 5.66. The number of rotatable bonds is 2. The normalized spacial score (nSPS) is 22.0. The van der Waals surface area contributed by atoms with Crippen LogP contribution < -0.4 is 24.5 Å². The molecule has 2 fully saturated rings. The Labute approximate surface area is 183 Å². The maximum Gasteiger partial charge on any atom is 0.194 e. The van der Waals surface area contributed by atoms with Crippen LogP contribution in [0, 0.1) is 13.8 Å². The highest BCUT2D eigenvalue weighted by molar-refractivity contribution is 7.17. The molecule has 0 atom stereocenters. The number of ketones is 1. The minimum absolute atomic E-state index is 0.141. The first-order valence-electron chi connectivity index (χ1n) is 10.7. The largest absolute Gasteiger partial charge is 0.871 e. The predicted molar refractivity (Wildman–Crippen MR) is 119 cm³/mol. The molecule has 8 heteroatoms. The summed E-state index contributed by atoms with van der Waals surface area (Å²) in [5, 5.41) is 16.3. The van der Waals surface area contributed by atoms with Crippen molar-refractivity contribution in [2.24, 2.45) is 0 Å². The van der Waals surface area contributed by atoms with E-state index >= 15 is 0 Å². The number of piperidine rings is 2. The van der Waals surface area contributed by atoms with E-state index in [-0.39, 0.29) is 11.5 Å². The molecule has 6 nitrogen and oxygen atoms in total. The van der Waals surface area contributed by atoms with Crippen LogP contribution in [0.25, 0.3) is 16.7 Å². The van der Waals surface area contributed by atoms with E-state index < -0.39 is 0 Å². The van der Waals surface area contributed by atoms with Crippen LogP contribution in [0.4, 0.5) is 5.13 Å². The highest BCUT2D eigenvalue weighted by Gasteiger charge is 2.33. The van der Waals surface area contributed by atoms with Crippen LogP contribution >= 0.6 is 22.7 Å². The van der Waals surface area contributed by atoms with Gasteiger partial charge in [-0.3, -0.25) is 4.79 Å². The van der Waals surface area contributed by atoms with Crippen molar-refractivity contribution in [3.05, 3.63) is 31.2 Å². The molecule has 30 heavy (non-hydrogen) atoms. The number of quaternary nitrogens is 1. The number of Topliss-reactive ketones (excluding diaryl/α,β-unsaturated/α-hetero) is 1. The average Bonchev–Trinajstić information content (AvgIpc) is 3.33. The summed E-state index contributed by atoms with van der Waals surface area (Å²) in [7, 11) is 0. The van der Waals surface area contributed by atoms with Gasteiger partial charge >= 0.3 is 0 Å². The van der Waals surface area contributed by atoms with E-state index in [1.165, 1.54) is 47.5 Å². The number of allylic oxidation sites excluding steroid dienone is 2. The molecule has 0 aromatic carbocycles. The Balaban J connectivity index is 1.55. The molecule has 2 N–H and O–H groups in total. The molecule has 2 aromatic rings. The molecule has 0 radical (unpaired) electrons. The van der Waals surface area contributed by atoms with Crippen molar-refractivity contribution in [3.63, 3.8) is 0 Å². The van der Waals surface area contributed by atoms with E-state index in [0.717, 1.165) is 69.6 Å². The first kappa shape index (κ1) is 19.9. The van der Waals surface area contributed by atoms with Crippen molar-refractivity contribution in [1.29, 1.82) is 0 Å². The van der Waals surface area contributed by atoms with E-state index in [1.54, 1.807) is 0 Å². The first-order chi connectivity index (χ1) is 14.5. The van der Waals surface area contributed by atoms with Gasteiger partial charge in [-0.25, -0.2) is 9.97 Å². The number of hydrogen-bond acceptors (Lipinski definition) is 7. The number of carbonyl (C=O) groups excluding carboxylic acids is 1. The standard InChI is InChI=1S/C22H26N4O2S2/c1-12-19(29-21(24-12)14-6-8-23-9-7-14)15-17(27)16(18(15)28)20-13(2)25-22(30-20)26-10-4-3-5-11-26/h23,27H,3-11H2,1-2H3/b19-15-. The lowest BCUT2D eigenvalue weighted by Crippen LogP contribution is -2.85. The minimum atomic E-state index is -0.141. The second kappa shape index (κ2) is 7.90. The maximum atomic E-state index is 13.1. The van der Waals surface area contributed by atoms with Gasteiger partial charge in [0.2, 0.25) is 0 Å². The number of hydrogen-bond donors (Lipinski definition) is 1. The molecule has 0 bridgehead atoms. The Kier molecular flexibility index (Phi) is 5.24. The lowest BCUT2D eigenvalue weighted by atomic mass is 9.86. The zero-order valence-electron chi connectivity index (χ0n) is 17.4. The highest BCUT2D eigenvalue weighted by Crippen LogP contribution is 2.41. The lowest BCUT2D eigenvalue weighted by molar-refractivity contribution is -0.656.